The Morgan fingerprint density at radius 1 is 1.15 bits per heavy atom. The summed E-state index contributed by atoms with van der Waals surface area (Å²) >= 11 is 2.92. The maximum Gasteiger partial charge on any atom is 0.416 e. The van der Waals surface area contributed by atoms with Crippen molar-refractivity contribution in [2.45, 2.75) is 12.3 Å². The van der Waals surface area contributed by atoms with Gasteiger partial charge in [-0.2, -0.15) is 13.2 Å². The van der Waals surface area contributed by atoms with Gasteiger partial charge in [0.05, 0.1) is 10.0 Å². The third kappa shape index (κ3) is 2.83. The Hall–Kier alpha value is -1.47. The van der Waals surface area contributed by atoms with E-state index in [0.29, 0.717) is 0 Å². The van der Waals surface area contributed by atoms with Crippen LogP contribution >= 0.6 is 15.9 Å². The Kier molecular flexibility index (Phi) is 4.10. The molecule has 1 atom stereocenters. The summed E-state index contributed by atoms with van der Waals surface area (Å²) in [6, 6.07) is 4.78. The summed E-state index contributed by atoms with van der Waals surface area (Å²) in [5, 5.41) is 10.0. The van der Waals surface area contributed by atoms with Crippen LogP contribution < -0.4 is 0 Å². The molecule has 2 aromatic rings. The van der Waals surface area contributed by atoms with Gasteiger partial charge in [-0.05, 0) is 28.1 Å². The number of halogens is 5. The summed E-state index contributed by atoms with van der Waals surface area (Å²) in [5.41, 5.74) is -1.78. The lowest BCUT2D eigenvalue weighted by Crippen LogP contribution is -2.14. The summed E-state index contributed by atoms with van der Waals surface area (Å²) in [5.74, 6) is -0.808. The Morgan fingerprint density at radius 3 is 2.50 bits per heavy atom. The van der Waals surface area contributed by atoms with Crippen LogP contribution in [0.4, 0.5) is 17.6 Å². The minimum absolute atomic E-state index is 0.0616. The Morgan fingerprint density at radius 2 is 1.85 bits per heavy atom. The van der Waals surface area contributed by atoms with Crippen LogP contribution in [0.1, 0.15) is 22.8 Å². The number of aromatic nitrogens is 1. The second-order valence-electron chi connectivity index (χ2n) is 4.01. The molecule has 1 N–H and O–H groups in total. The van der Waals surface area contributed by atoms with Crippen LogP contribution in [0.3, 0.4) is 0 Å². The molecule has 0 fully saturated rings. The number of aliphatic hydroxyl groups is 1. The lowest BCUT2D eigenvalue weighted by molar-refractivity contribution is -0.139. The van der Waals surface area contributed by atoms with E-state index < -0.39 is 29.2 Å². The van der Waals surface area contributed by atoms with Gasteiger partial charge in [0.1, 0.15) is 11.9 Å². The molecule has 1 aromatic heterocycles. The Balaban J connectivity index is 2.55. The van der Waals surface area contributed by atoms with Crippen LogP contribution in [0.5, 0.6) is 0 Å². The van der Waals surface area contributed by atoms with Gasteiger partial charge in [0.2, 0.25) is 0 Å². The first-order chi connectivity index (χ1) is 9.32. The first-order valence-electron chi connectivity index (χ1n) is 5.45. The lowest BCUT2D eigenvalue weighted by Gasteiger charge is -2.18. The van der Waals surface area contributed by atoms with E-state index in [-0.39, 0.29) is 10.0 Å². The molecule has 0 aliphatic rings. The molecule has 0 aliphatic heterocycles. The molecule has 0 bridgehead atoms. The molecule has 0 aliphatic carbocycles. The zero-order valence-corrected chi connectivity index (χ0v) is 11.4. The molecule has 1 aromatic carbocycles. The molecular weight excluding hydrogens is 342 g/mol. The van der Waals surface area contributed by atoms with Gasteiger partial charge in [0, 0.05) is 23.5 Å². The van der Waals surface area contributed by atoms with E-state index in [1.807, 2.05) is 0 Å². The second-order valence-corrected chi connectivity index (χ2v) is 4.86. The first kappa shape index (κ1) is 14.9. The zero-order chi connectivity index (χ0) is 14.9. The quantitative estimate of drug-likeness (QED) is 0.828. The fourth-order valence-electron chi connectivity index (χ4n) is 1.78. The maximum atomic E-state index is 13.9. The number of nitrogens with zero attached hydrogens (tertiary/aromatic N) is 1. The van der Waals surface area contributed by atoms with Crippen molar-refractivity contribution in [1.29, 1.82) is 0 Å². The van der Waals surface area contributed by atoms with Crippen molar-refractivity contribution >= 4 is 15.9 Å². The van der Waals surface area contributed by atoms with Crippen LogP contribution in [0.25, 0.3) is 0 Å². The Bertz CT molecular complexity index is 630. The first-order valence-corrected chi connectivity index (χ1v) is 6.24. The predicted octanol–water partition coefficient (Wildman–Crippen LogP) is 4.08. The topological polar surface area (TPSA) is 33.1 Å². The third-order valence-electron chi connectivity index (χ3n) is 2.73. The highest BCUT2D eigenvalue weighted by atomic mass is 79.9. The van der Waals surface area contributed by atoms with Crippen molar-refractivity contribution in [3.8, 4) is 0 Å². The molecule has 0 saturated carbocycles. The summed E-state index contributed by atoms with van der Waals surface area (Å²) in [6.07, 6.45) is -4.55. The fraction of sp³-hybridized carbons (Fsp3) is 0.154. The standard InChI is InChI=1S/C13H8BrF4NO/c14-10-3-1-2-7(11(10)15)12(20)8-6-19-5-4-9(8)13(16,17)18/h1-6,12,20H. The number of rotatable bonds is 2. The van der Waals surface area contributed by atoms with E-state index in [4.69, 9.17) is 0 Å². The minimum atomic E-state index is -4.65. The molecule has 0 amide bonds. The lowest BCUT2D eigenvalue weighted by atomic mass is 9.98. The smallest absolute Gasteiger partial charge is 0.383 e. The van der Waals surface area contributed by atoms with Gasteiger partial charge in [-0.25, -0.2) is 4.39 Å². The van der Waals surface area contributed by atoms with Gasteiger partial charge >= 0.3 is 6.18 Å². The summed E-state index contributed by atoms with van der Waals surface area (Å²) in [4.78, 5) is 3.56. The van der Waals surface area contributed by atoms with Crippen LogP contribution in [-0.4, -0.2) is 10.1 Å². The predicted molar refractivity (Wildman–Crippen MR) is 67.4 cm³/mol. The summed E-state index contributed by atoms with van der Waals surface area (Å²) in [6.45, 7) is 0. The van der Waals surface area contributed by atoms with Crippen molar-refractivity contribution in [2.24, 2.45) is 0 Å². The fourth-order valence-corrected chi connectivity index (χ4v) is 2.16. The van der Waals surface area contributed by atoms with Crippen molar-refractivity contribution in [3.63, 3.8) is 0 Å². The van der Waals surface area contributed by atoms with Gasteiger partial charge in [-0.1, -0.05) is 12.1 Å². The molecule has 0 radical (unpaired) electrons. The second kappa shape index (κ2) is 5.49. The van der Waals surface area contributed by atoms with Gasteiger partial charge in [0.15, 0.2) is 0 Å². The van der Waals surface area contributed by atoms with E-state index in [9.17, 15) is 22.7 Å². The van der Waals surface area contributed by atoms with Crippen LogP contribution in [0, 0.1) is 5.82 Å². The average molecular weight is 350 g/mol. The molecule has 2 rings (SSSR count). The number of pyridine rings is 1. The zero-order valence-electron chi connectivity index (χ0n) is 9.83. The summed E-state index contributed by atoms with van der Waals surface area (Å²) in [7, 11) is 0. The molecule has 1 heterocycles. The van der Waals surface area contributed by atoms with Gasteiger partial charge < -0.3 is 5.11 Å². The Labute approximate surface area is 120 Å². The highest BCUT2D eigenvalue weighted by molar-refractivity contribution is 9.10. The number of benzene rings is 1. The van der Waals surface area contributed by atoms with Crippen LogP contribution in [0.2, 0.25) is 0 Å². The minimum Gasteiger partial charge on any atom is -0.383 e. The highest BCUT2D eigenvalue weighted by Gasteiger charge is 2.35. The molecule has 106 valence electrons. The highest BCUT2D eigenvalue weighted by Crippen LogP contribution is 2.37. The summed E-state index contributed by atoms with van der Waals surface area (Å²) < 4.78 is 52.5. The van der Waals surface area contributed by atoms with E-state index in [1.165, 1.54) is 18.2 Å². The van der Waals surface area contributed by atoms with E-state index in [2.05, 4.69) is 20.9 Å². The van der Waals surface area contributed by atoms with Gasteiger partial charge in [-0.15, -0.1) is 0 Å². The van der Waals surface area contributed by atoms with Crippen molar-refractivity contribution in [2.75, 3.05) is 0 Å². The van der Waals surface area contributed by atoms with E-state index in [0.717, 1.165) is 18.5 Å². The van der Waals surface area contributed by atoms with E-state index >= 15 is 0 Å². The average Bonchev–Trinajstić information content (AvgIpc) is 2.40. The van der Waals surface area contributed by atoms with E-state index in [1.54, 1.807) is 0 Å². The molecule has 1 unspecified atom stereocenters. The molecule has 0 saturated heterocycles. The molecule has 7 heteroatoms. The van der Waals surface area contributed by atoms with Gasteiger partial charge in [0.25, 0.3) is 0 Å². The monoisotopic (exact) mass is 349 g/mol. The largest absolute Gasteiger partial charge is 0.416 e. The SMILES string of the molecule is OC(c1cnccc1C(F)(F)F)c1cccc(Br)c1F. The number of hydrogen-bond acceptors (Lipinski definition) is 2. The third-order valence-corrected chi connectivity index (χ3v) is 3.34. The van der Waals surface area contributed by atoms with Crippen LogP contribution in [-0.2, 0) is 6.18 Å². The number of hydrogen-bond donors (Lipinski definition) is 1. The van der Waals surface area contributed by atoms with Crippen molar-refractivity contribution in [3.05, 3.63) is 63.6 Å². The van der Waals surface area contributed by atoms with Crippen LogP contribution in [0.15, 0.2) is 41.1 Å². The van der Waals surface area contributed by atoms with Crippen molar-refractivity contribution < 1.29 is 22.7 Å². The van der Waals surface area contributed by atoms with Gasteiger partial charge in [-0.3, -0.25) is 4.98 Å². The molecule has 20 heavy (non-hydrogen) atoms. The van der Waals surface area contributed by atoms with Crippen molar-refractivity contribution in [1.82, 2.24) is 4.98 Å². The molecular formula is C13H8BrF4NO. The normalized spacial score (nSPS) is 13.3. The number of alkyl halides is 3. The molecule has 0 spiro atoms. The molecule has 2 nitrogen and oxygen atoms in total. The number of aliphatic hydroxyl groups excluding tert-OH is 1. The maximum absolute atomic E-state index is 13.9.